The van der Waals surface area contributed by atoms with Crippen LogP contribution in [0.15, 0.2) is 88.8 Å². The molecule has 0 saturated carbocycles. The Balaban J connectivity index is 1.53. The number of rotatable bonds is 6. The third kappa shape index (κ3) is 5.49. The summed E-state index contributed by atoms with van der Waals surface area (Å²) in [6.07, 6.45) is 2.60. The third-order valence-electron chi connectivity index (χ3n) is 4.61. The van der Waals surface area contributed by atoms with E-state index in [1.165, 1.54) is 47.3 Å². The number of aromatic nitrogens is 3. The van der Waals surface area contributed by atoms with E-state index in [0.717, 1.165) is 4.57 Å². The number of hydrogen-bond donors (Lipinski definition) is 1. The molecule has 11 heteroatoms. The van der Waals surface area contributed by atoms with Crippen LogP contribution in [0.25, 0.3) is 5.69 Å². The average Bonchev–Trinajstić information content (AvgIpc) is 3.07. The molecule has 0 saturated heterocycles. The summed E-state index contributed by atoms with van der Waals surface area (Å²) in [6, 6.07) is 16.6. The van der Waals surface area contributed by atoms with Gasteiger partial charge in [0.05, 0.1) is 18.4 Å². The Kier molecular flexibility index (Phi) is 6.46. The second-order valence-corrected chi connectivity index (χ2v) is 8.17. The lowest BCUT2D eigenvalue weighted by molar-refractivity contribution is -0.0328. The maximum atomic E-state index is 12.8. The number of halogens is 3. The van der Waals surface area contributed by atoms with Crippen molar-refractivity contribution in [3.05, 3.63) is 101 Å². The molecule has 4 aromatic rings. The van der Waals surface area contributed by atoms with Crippen LogP contribution in [0.3, 0.4) is 0 Å². The van der Waals surface area contributed by atoms with E-state index in [2.05, 4.69) is 4.98 Å². The lowest BCUT2D eigenvalue weighted by Gasteiger charge is -2.07. The molecule has 0 spiro atoms. The van der Waals surface area contributed by atoms with Gasteiger partial charge < -0.3 is 9.84 Å². The van der Waals surface area contributed by atoms with Crippen LogP contribution >= 0.6 is 11.8 Å². The number of carbonyl (C=O) groups is 1. The predicted octanol–water partition coefficient (Wildman–Crippen LogP) is 4.62. The summed E-state index contributed by atoms with van der Waals surface area (Å²) in [7, 11) is 0. The van der Waals surface area contributed by atoms with E-state index >= 15 is 0 Å². The molecule has 0 aliphatic rings. The number of hydrogen-bond acceptors (Lipinski definition) is 6. The highest BCUT2D eigenvalue weighted by Gasteiger charge is 2.29. The summed E-state index contributed by atoms with van der Waals surface area (Å²) in [5, 5.41) is 10.3. The molecule has 0 radical (unpaired) electrons. The van der Waals surface area contributed by atoms with Gasteiger partial charge in [-0.15, -0.1) is 0 Å². The molecule has 0 atom stereocenters. The van der Waals surface area contributed by atoms with Crippen LogP contribution in [0.1, 0.15) is 16.1 Å². The summed E-state index contributed by atoms with van der Waals surface area (Å²) < 4.78 is 45.0. The van der Waals surface area contributed by atoms with Gasteiger partial charge in [0, 0.05) is 11.1 Å². The molecule has 0 aliphatic heterocycles. The number of alkyl halides is 3. The molecular weight excluding hydrogens is 471 g/mol. The second-order valence-electron chi connectivity index (χ2n) is 7.03. The number of esters is 1. The topological polar surface area (TPSA) is 86.4 Å². The Bertz CT molecular complexity index is 1370. The Morgan fingerprint density at radius 2 is 1.76 bits per heavy atom. The fourth-order valence-corrected chi connectivity index (χ4v) is 3.70. The van der Waals surface area contributed by atoms with E-state index in [4.69, 9.17) is 4.74 Å². The molecule has 2 aromatic heterocycles. The highest BCUT2D eigenvalue weighted by molar-refractivity contribution is 8.00. The first kappa shape index (κ1) is 23.2. The number of ether oxygens (including phenoxy) is 1. The van der Waals surface area contributed by atoms with Gasteiger partial charge in [-0.1, -0.05) is 18.2 Å². The normalized spacial score (nSPS) is 11.4. The van der Waals surface area contributed by atoms with Crippen molar-refractivity contribution in [2.24, 2.45) is 0 Å². The lowest BCUT2D eigenvalue weighted by Crippen LogP contribution is -2.23. The number of para-hydroxylation sites is 1. The van der Waals surface area contributed by atoms with Crippen LogP contribution in [0.5, 0.6) is 11.6 Å². The van der Waals surface area contributed by atoms with E-state index in [-0.39, 0.29) is 40.5 Å². The predicted molar refractivity (Wildman–Crippen MR) is 118 cm³/mol. The molecule has 2 heterocycles. The van der Waals surface area contributed by atoms with Crippen molar-refractivity contribution in [3.63, 3.8) is 0 Å². The highest BCUT2D eigenvalue weighted by Crippen LogP contribution is 2.37. The number of benzene rings is 2. The molecule has 0 bridgehead atoms. The van der Waals surface area contributed by atoms with Crippen molar-refractivity contribution in [3.8, 4) is 17.3 Å². The molecule has 0 aliphatic carbocycles. The van der Waals surface area contributed by atoms with E-state index in [1.54, 1.807) is 36.4 Å². The number of thioether (sulfide) groups is 1. The fourth-order valence-electron chi connectivity index (χ4n) is 3.16. The van der Waals surface area contributed by atoms with Crippen molar-refractivity contribution in [1.29, 1.82) is 0 Å². The zero-order valence-corrected chi connectivity index (χ0v) is 18.1. The van der Waals surface area contributed by atoms with E-state index in [1.807, 2.05) is 0 Å². The minimum absolute atomic E-state index is 0.00946. The summed E-state index contributed by atoms with van der Waals surface area (Å²) >= 11 is -0.275. The van der Waals surface area contributed by atoms with Gasteiger partial charge in [-0.25, -0.2) is 19.1 Å². The SMILES string of the molecule is O=C(Oc1ccccc1)c1cc(Cn2cc(O)n(-c3ccc(SC(F)(F)F)cc3)c2=O)ccn1. The number of nitrogens with zero attached hydrogens (tertiary/aromatic N) is 3. The van der Waals surface area contributed by atoms with Crippen LogP contribution in [-0.2, 0) is 6.54 Å². The van der Waals surface area contributed by atoms with Crippen LogP contribution in [-0.4, -0.2) is 30.7 Å². The smallest absolute Gasteiger partial charge is 0.446 e. The lowest BCUT2D eigenvalue weighted by atomic mass is 10.2. The quantitative estimate of drug-likeness (QED) is 0.243. The Hall–Kier alpha value is -3.99. The van der Waals surface area contributed by atoms with Gasteiger partial charge >= 0.3 is 17.2 Å². The summed E-state index contributed by atoms with van der Waals surface area (Å²) in [5.41, 5.74) is -4.25. The van der Waals surface area contributed by atoms with E-state index in [0.29, 0.717) is 11.3 Å². The van der Waals surface area contributed by atoms with Gasteiger partial charge in [0.25, 0.3) is 0 Å². The van der Waals surface area contributed by atoms with Crippen molar-refractivity contribution in [1.82, 2.24) is 14.1 Å². The third-order valence-corrected chi connectivity index (χ3v) is 5.35. The van der Waals surface area contributed by atoms with E-state index in [9.17, 15) is 27.9 Å². The Labute approximate surface area is 195 Å². The van der Waals surface area contributed by atoms with Gasteiger partial charge in [0.2, 0.25) is 5.88 Å². The number of aromatic hydroxyl groups is 1. The highest BCUT2D eigenvalue weighted by atomic mass is 32.2. The molecule has 1 N–H and O–H groups in total. The number of pyridine rings is 1. The average molecular weight is 487 g/mol. The summed E-state index contributed by atoms with van der Waals surface area (Å²) in [6.45, 7) is 0.00946. The van der Waals surface area contributed by atoms with Crippen molar-refractivity contribution in [2.75, 3.05) is 0 Å². The van der Waals surface area contributed by atoms with E-state index < -0.39 is 17.2 Å². The summed E-state index contributed by atoms with van der Waals surface area (Å²) in [5.74, 6) is -0.700. The van der Waals surface area contributed by atoms with Crippen LogP contribution in [0.2, 0.25) is 0 Å². The summed E-state index contributed by atoms with van der Waals surface area (Å²) in [4.78, 5) is 29.2. The van der Waals surface area contributed by atoms with Gasteiger partial charge in [0.15, 0.2) is 0 Å². The molecule has 4 rings (SSSR count). The Morgan fingerprint density at radius 3 is 2.44 bits per heavy atom. The van der Waals surface area contributed by atoms with Crippen molar-refractivity contribution >= 4 is 17.7 Å². The van der Waals surface area contributed by atoms with Gasteiger partial charge in [-0.3, -0.25) is 4.57 Å². The number of imidazole rings is 1. The minimum Gasteiger partial charge on any atom is -0.493 e. The first-order chi connectivity index (χ1) is 16.2. The maximum absolute atomic E-state index is 12.8. The van der Waals surface area contributed by atoms with Crippen molar-refractivity contribution < 1.29 is 27.8 Å². The molecule has 0 amide bonds. The molecule has 34 heavy (non-hydrogen) atoms. The Morgan fingerprint density at radius 1 is 1.06 bits per heavy atom. The van der Waals surface area contributed by atoms with Crippen LogP contribution < -0.4 is 10.4 Å². The number of carbonyl (C=O) groups excluding carboxylic acids is 1. The standard InChI is InChI=1S/C23H16F3N3O4S/c24-23(25,26)34-18-8-6-16(7-9-18)29-20(30)14-28(22(29)32)13-15-10-11-27-19(12-15)21(31)33-17-4-2-1-3-5-17/h1-12,14,30H,13H2. The monoisotopic (exact) mass is 487 g/mol. The molecule has 0 fully saturated rings. The largest absolute Gasteiger partial charge is 0.493 e. The molecule has 174 valence electrons. The molecule has 2 aromatic carbocycles. The minimum atomic E-state index is -4.43. The van der Waals surface area contributed by atoms with Crippen molar-refractivity contribution in [2.45, 2.75) is 16.9 Å². The molecule has 7 nitrogen and oxygen atoms in total. The molecule has 0 unspecified atom stereocenters. The van der Waals surface area contributed by atoms with Gasteiger partial charge in [-0.05, 0) is 65.9 Å². The molecular formula is C23H16F3N3O4S. The first-order valence-corrected chi connectivity index (χ1v) is 10.6. The van der Waals surface area contributed by atoms with Gasteiger partial charge in [-0.2, -0.15) is 13.2 Å². The first-order valence-electron chi connectivity index (χ1n) is 9.79. The van der Waals surface area contributed by atoms with Gasteiger partial charge in [0.1, 0.15) is 11.4 Å². The zero-order valence-electron chi connectivity index (χ0n) is 17.3. The fraction of sp³-hybridized carbons (Fsp3) is 0.0870. The second kappa shape index (κ2) is 9.48. The van der Waals surface area contributed by atoms with Crippen LogP contribution in [0, 0.1) is 0 Å². The zero-order chi connectivity index (χ0) is 24.3. The maximum Gasteiger partial charge on any atom is 0.446 e. The van der Waals surface area contributed by atoms with Crippen LogP contribution in [0.4, 0.5) is 13.2 Å².